The maximum Gasteiger partial charge on any atom is 0.144 e. The van der Waals surface area contributed by atoms with Crippen LogP contribution < -0.4 is 4.90 Å². The Kier molecular flexibility index (Phi) is 6.92. The average Bonchev–Trinajstić information content (AvgIpc) is 3.15. The van der Waals surface area contributed by atoms with Gasteiger partial charge >= 0.3 is 0 Å². The van der Waals surface area contributed by atoms with Gasteiger partial charge in [-0.2, -0.15) is 0 Å². The van der Waals surface area contributed by atoms with Crippen molar-refractivity contribution in [1.82, 2.24) is 24.4 Å². The number of ether oxygens (including phenoxy) is 1. The molecular weight excluding hydrogens is 416 g/mol. The van der Waals surface area contributed by atoms with Crippen molar-refractivity contribution in [2.24, 2.45) is 0 Å². The Morgan fingerprint density at radius 2 is 1.97 bits per heavy atom. The average molecular weight is 453 g/mol. The van der Waals surface area contributed by atoms with E-state index in [1.807, 2.05) is 18.6 Å². The third-order valence-corrected chi connectivity index (χ3v) is 8.01. The first kappa shape index (κ1) is 22.9. The molecule has 0 aromatic carbocycles. The minimum absolute atomic E-state index is 0.505. The molecule has 0 spiro atoms. The van der Waals surface area contributed by atoms with Gasteiger partial charge in [0.05, 0.1) is 5.39 Å². The first-order valence-corrected chi connectivity index (χ1v) is 15.3. The SMILES string of the molecule is CN(C)C1CCCN(c2ccnc3c2c(-c2cncnc2)cn3COCC[Si](C)(C)C)C1. The zero-order valence-electron chi connectivity index (χ0n) is 20.1. The molecule has 4 heterocycles. The zero-order chi connectivity index (χ0) is 22.7. The summed E-state index contributed by atoms with van der Waals surface area (Å²) in [5.74, 6) is 0. The summed E-state index contributed by atoms with van der Waals surface area (Å²) in [6.45, 7) is 10.5. The lowest BCUT2D eigenvalue weighted by molar-refractivity contribution is 0.0899. The Labute approximate surface area is 192 Å². The molecule has 0 radical (unpaired) electrons. The van der Waals surface area contributed by atoms with E-state index >= 15 is 0 Å². The largest absolute Gasteiger partial charge is 0.369 e. The van der Waals surface area contributed by atoms with Crippen molar-refractivity contribution in [3.8, 4) is 11.1 Å². The van der Waals surface area contributed by atoms with Crippen molar-refractivity contribution in [2.45, 2.75) is 51.3 Å². The van der Waals surface area contributed by atoms with Gasteiger partial charge in [-0.15, -0.1) is 0 Å². The number of aromatic nitrogens is 4. The minimum atomic E-state index is -1.12. The van der Waals surface area contributed by atoms with Crippen LogP contribution in [0, 0.1) is 0 Å². The number of likely N-dealkylation sites (N-methyl/N-ethyl adjacent to an activating group) is 1. The summed E-state index contributed by atoms with van der Waals surface area (Å²) in [4.78, 5) is 18.2. The first-order chi connectivity index (χ1) is 15.3. The molecule has 1 aliphatic heterocycles. The summed E-state index contributed by atoms with van der Waals surface area (Å²) in [6, 6.07) is 3.87. The second-order valence-electron chi connectivity index (χ2n) is 10.2. The highest BCUT2D eigenvalue weighted by atomic mass is 28.3. The molecular formula is C24H36N6OSi. The van der Waals surface area contributed by atoms with Crippen molar-refractivity contribution in [1.29, 1.82) is 0 Å². The normalized spacial score (nSPS) is 17.4. The molecule has 0 saturated carbocycles. The molecule has 1 saturated heterocycles. The van der Waals surface area contributed by atoms with Crippen LogP contribution in [-0.4, -0.2) is 72.3 Å². The van der Waals surface area contributed by atoms with Crippen molar-refractivity contribution in [2.75, 3.05) is 38.7 Å². The molecule has 3 aromatic rings. The van der Waals surface area contributed by atoms with Crippen LogP contribution in [0.3, 0.4) is 0 Å². The molecule has 1 unspecified atom stereocenters. The van der Waals surface area contributed by atoms with Gasteiger partial charge in [-0.25, -0.2) is 15.0 Å². The van der Waals surface area contributed by atoms with E-state index in [-0.39, 0.29) is 0 Å². The minimum Gasteiger partial charge on any atom is -0.369 e. The van der Waals surface area contributed by atoms with Gasteiger partial charge in [0.25, 0.3) is 0 Å². The van der Waals surface area contributed by atoms with Crippen LogP contribution in [0.25, 0.3) is 22.2 Å². The molecule has 0 N–H and O–H groups in total. The summed E-state index contributed by atoms with van der Waals surface area (Å²) in [6.07, 6.45) is 11.9. The molecule has 7 nitrogen and oxygen atoms in total. The lowest BCUT2D eigenvalue weighted by Crippen LogP contribution is -2.45. The van der Waals surface area contributed by atoms with Crippen LogP contribution in [0.1, 0.15) is 12.8 Å². The van der Waals surface area contributed by atoms with Crippen molar-refractivity contribution < 1.29 is 4.74 Å². The molecule has 32 heavy (non-hydrogen) atoms. The number of nitrogens with zero attached hydrogens (tertiary/aromatic N) is 6. The zero-order valence-corrected chi connectivity index (χ0v) is 21.1. The maximum atomic E-state index is 6.09. The van der Waals surface area contributed by atoms with Crippen LogP contribution in [0.2, 0.25) is 25.7 Å². The third kappa shape index (κ3) is 5.19. The molecule has 8 heteroatoms. The summed E-state index contributed by atoms with van der Waals surface area (Å²) in [5, 5.41) is 1.16. The summed E-state index contributed by atoms with van der Waals surface area (Å²) in [7, 11) is 3.23. The smallest absolute Gasteiger partial charge is 0.144 e. The van der Waals surface area contributed by atoms with Crippen molar-refractivity contribution in [3.63, 3.8) is 0 Å². The fourth-order valence-corrected chi connectivity index (χ4v) is 5.11. The van der Waals surface area contributed by atoms with Crippen LogP contribution in [0.4, 0.5) is 5.69 Å². The number of pyridine rings is 1. The van der Waals surface area contributed by atoms with E-state index < -0.39 is 8.07 Å². The van der Waals surface area contributed by atoms with Gasteiger partial charge in [0.1, 0.15) is 18.7 Å². The predicted octanol–water partition coefficient (Wildman–Crippen LogP) is 4.34. The molecule has 1 atom stereocenters. The maximum absolute atomic E-state index is 6.09. The van der Waals surface area contributed by atoms with E-state index in [0.717, 1.165) is 47.9 Å². The first-order valence-electron chi connectivity index (χ1n) is 11.6. The lowest BCUT2D eigenvalue weighted by Gasteiger charge is -2.37. The van der Waals surface area contributed by atoms with Gasteiger partial charge in [0.15, 0.2) is 0 Å². The van der Waals surface area contributed by atoms with Crippen LogP contribution in [0.15, 0.2) is 37.2 Å². The predicted molar refractivity (Wildman–Crippen MR) is 134 cm³/mol. The Morgan fingerprint density at radius 3 is 2.69 bits per heavy atom. The van der Waals surface area contributed by atoms with Crippen molar-refractivity contribution in [3.05, 3.63) is 37.2 Å². The van der Waals surface area contributed by atoms with Crippen molar-refractivity contribution >= 4 is 24.8 Å². The van der Waals surface area contributed by atoms with Gasteiger partial charge in [0.2, 0.25) is 0 Å². The molecule has 0 aliphatic carbocycles. The molecule has 172 valence electrons. The molecule has 4 rings (SSSR count). The van der Waals surface area contributed by atoms with E-state index in [1.165, 1.54) is 18.5 Å². The van der Waals surface area contributed by atoms with E-state index in [2.05, 4.69) is 70.3 Å². The second kappa shape index (κ2) is 9.68. The fraction of sp³-hybridized carbons (Fsp3) is 0.542. The summed E-state index contributed by atoms with van der Waals surface area (Å²) >= 11 is 0. The highest BCUT2D eigenvalue weighted by molar-refractivity contribution is 6.76. The Hall–Kier alpha value is -2.29. The van der Waals surface area contributed by atoms with E-state index in [4.69, 9.17) is 9.72 Å². The van der Waals surface area contributed by atoms with Crippen LogP contribution in [0.5, 0.6) is 0 Å². The van der Waals surface area contributed by atoms with Gasteiger partial charge in [-0.1, -0.05) is 19.6 Å². The third-order valence-electron chi connectivity index (χ3n) is 6.30. The monoisotopic (exact) mass is 452 g/mol. The van der Waals surface area contributed by atoms with E-state index in [9.17, 15) is 0 Å². The van der Waals surface area contributed by atoms with E-state index in [1.54, 1.807) is 6.33 Å². The topological polar surface area (TPSA) is 59.3 Å². The van der Waals surface area contributed by atoms with Gasteiger partial charge < -0.3 is 19.1 Å². The number of hydrogen-bond donors (Lipinski definition) is 0. The van der Waals surface area contributed by atoms with Gasteiger partial charge in [-0.05, 0) is 39.0 Å². The number of piperidine rings is 1. The molecule has 0 amide bonds. The van der Waals surface area contributed by atoms with Gasteiger partial charge in [-0.3, -0.25) is 0 Å². The Bertz CT molecular complexity index is 1030. The number of anilines is 1. The molecule has 1 aliphatic rings. The number of rotatable bonds is 8. The molecule has 3 aromatic heterocycles. The second-order valence-corrected chi connectivity index (χ2v) is 15.8. The quantitative estimate of drug-likeness (QED) is 0.374. The summed E-state index contributed by atoms with van der Waals surface area (Å²) < 4.78 is 8.23. The number of fused-ring (bicyclic) bond motifs is 1. The molecule has 1 fully saturated rings. The highest BCUT2D eigenvalue weighted by Crippen LogP contribution is 2.37. The Balaban J connectivity index is 1.71. The van der Waals surface area contributed by atoms with Crippen LogP contribution in [-0.2, 0) is 11.5 Å². The molecule has 0 bridgehead atoms. The van der Waals surface area contributed by atoms with E-state index in [0.29, 0.717) is 12.8 Å². The lowest BCUT2D eigenvalue weighted by atomic mass is 10.0. The summed E-state index contributed by atoms with van der Waals surface area (Å²) in [5.41, 5.74) is 4.32. The Morgan fingerprint density at radius 1 is 1.19 bits per heavy atom. The van der Waals surface area contributed by atoms with Gasteiger partial charge in [0, 0.05) is 75.4 Å². The standard InChI is InChI=1S/C24H36N6OSi/c1-28(2)20-7-6-10-29(15-20)22-8-9-27-24-23(22)21(19-13-25-17-26-14-19)16-30(24)18-31-11-12-32(3,4)5/h8-9,13-14,16-17,20H,6-7,10-12,15,18H2,1-5H3. The van der Waals surface area contributed by atoms with Crippen LogP contribution >= 0.6 is 0 Å². The fourth-order valence-electron chi connectivity index (χ4n) is 4.35. The highest BCUT2D eigenvalue weighted by Gasteiger charge is 2.25. The number of hydrogen-bond acceptors (Lipinski definition) is 6.